The van der Waals surface area contributed by atoms with Crippen molar-refractivity contribution in [1.82, 2.24) is 0 Å². The third-order valence-corrected chi connectivity index (χ3v) is 4.36. The molecule has 1 aromatic rings. The minimum absolute atomic E-state index is 0.0855. The quantitative estimate of drug-likeness (QED) is 0.702. The molecule has 2 aliphatic rings. The summed E-state index contributed by atoms with van der Waals surface area (Å²) in [6, 6.07) is 7.70. The van der Waals surface area contributed by atoms with Crippen molar-refractivity contribution in [3.05, 3.63) is 24.3 Å². The van der Waals surface area contributed by atoms with Crippen LogP contribution in [0.15, 0.2) is 24.3 Å². The van der Waals surface area contributed by atoms with Gasteiger partial charge in [-0.25, -0.2) is 0 Å². The van der Waals surface area contributed by atoms with Gasteiger partial charge >= 0.3 is 0 Å². The number of hydrogen-bond donors (Lipinski definition) is 0. The maximum atomic E-state index is 5.82. The van der Waals surface area contributed by atoms with Crippen LogP contribution in [-0.2, 0) is 18.9 Å². The Labute approximate surface area is 155 Å². The first-order chi connectivity index (χ1) is 12.3. The molecule has 0 bridgehead atoms. The SMILES string of the molecule is CC1(C)OCC(CCOc2cccc(OCCC3COC(C)(C)O3)c2)O1. The maximum absolute atomic E-state index is 5.82. The van der Waals surface area contributed by atoms with Gasteiger partial charge in [-0.15, -0.1) is 0 Å². The average molecular weight is 366 g/mol. The summed E-state index contributed by atoms with van der Waals surface area (Å²) in [6.07, 6.45) is 1.76. The summed E-state index contributed by atoms with van der Waals surface area (Å²) in [4.78, 5) is 0. The lowest BCUT2D eigenvalue weighted by Crippen LogP contribution is -2.22. The lowest BCUT2D eigenvalue weighted by atomic mass is 10.2. The zero-order chi connectivity index (χ0) is 18.6. The highest BCUT2D eigenvalue weighted by atomic mass is 16.7. The molecule has 2 atom stereocenters. The predicted molar refractivity (Wildman–Crippen MR) is 96.5 cm³/mol. The fourth-order valence-corrected chi connectivity index (χ4v) is 3.08. The Morgan fingerprint density at radius 2 is 1.31 bits per heavy atom. The van der Waals surface area contributed by atoms with Crippen molar-refractivity contribution in [1.29, 1.82) is 0 Å². The molecule has 0 aliphatic carbocycles. The second-order valence-electron chi connectivity index (χ2n) is 7.65. The van der Waals surface area contributed by atoms with Gasteiger partial charge in [0.05, 0.1) is 38.6 Å². The average Bonchev–Trinajstić information content (AvgIpc) is 3.09. The van der Waals surface area contributed by atoms with Gasteiger partial charge in [-0.1, -0.05) is 6.07 Å². The smallest absolute Gasteiger partial charge is 0.163 e. The molecule has 0 N–H and O–H groups in total. The van der Waals surface area contributed by atoms with Crippen LogP contribution in [-0.4, -0.2) is 50.2 Å². The van der Waals surface area contributed by atoms with E-state index in [4.69, 9.17) is 28.4 Å². The Bertz CT molecular complexity index is 538. The normalized spacial score (nSPS) is 26.8. The van der Waals surface area contributed by atoms with Crippen LogP contribution in [0.3, 0.4) is 0 Å². The topological polar surface area (TPSA) is 55.4 Å². The van der Waals surface area contributed by atoms with Gasteiger partial charge in [0, 0.05) is 18.9 Å². The van der Waals surface area contributed by atoms with Gasteiger partial charge in [0.1, 0.15) is 11.5 Å². The molecule has 0 radical (unpaired) electrons. The number of hydrogen-bond acceptors (Lipinski definition) is 6. The van der Waals surface area contributed by atoms with Crippen LogP contribution in [0.1, 0.15) is 40.5 Å². The van der Waals surface area contributed by atoms with Crippen molar-refractivity contribution in [2.75, 3.05) is 26.4 Å². The minimum Gasteiger partial charge on any atom is -0.493 e. The van der Waals surface area contributed by atoms with Crippen molar-refractivity contribution in [3.8, 4) is 11.5 Å². The van der Waals surface area contributed by atoms with Crippen molar-refractivity contribution in [3.63, 3.8) is 0 Å². The van der Waals surface area contributed by atoms with E-state index in [-0.39, 0.29) is 12.2 Å². The third kappa shape index (κ3) is 5.84. The van der Waals surface area contributed by atoms with Crippen LogP contribution in [0.25, 0.3) is 0 Å². The highest BCUT2D eigenvalue weighted by Gasteiger charge is 2.33. The molecule has 3 rings (SSSR count). The molecule has 6 heteroatoms. The van der Waals surface area contributed by atoms with E-state index in [9.17, 15) is 0 Å². The minimum atomic E-state index is -0.484. The summed E-state index contributed by atoms with van der Waals surface area (Å²) in [5.74, 6) is 0.619. The molecule has 0 aromatic heterocycles. The Balaban J connectivity index is 1.36. The summed E-state index contributed by atoms with van der Waals surface area (Å²) in [5.41, 5.74) is 0. The van der Waals surface area contributed by atoms with Gasteiger partial charge in [-0.2, -0.15) is 0 Å². The summed E-state index contributed by atoms with van der Waals surface area (Å²) < 4.78 is 34.3. The van der Waals surface area contributed by atoms with E-state index >= 15 is 0 Å². The molecular weight excluding hydrogens is 336 g/mol. The van der Waals surface area contributed by atoms with Gasteiger partial charge < -0.3 is 28.4 Å². The summed E-state index contributed by atoms with van der Waals surface area (Å²) >= 11 is 0. The lowest BCUT2D eigenvalue weighted by Gasteiger charge is -2.17. The first kappa shape index (κ1) is 19.4. The molecule has 2 unspecified atom stereocenters. The molecule has 2 fully saturated rings. The molecule has 2 aliphatic heterocycles. The second kappa shape index (κ2) is 8.13. The molecule has 1 aromatic carbocycles. The predicted octanol–water partition coefficient (Wildman–Crippen LogP) is 3.53. The highest BCUT2D eigenvalue weighted by Crippen LogP contribution is 2.26. The fraction of sp³-hybridized carbons (Fsp3) is 0.700. The second-order valence-corrected chi connectivity index (χ2v) is 7.65. The van der Waals surface area contributed by atoms with E-state index < -0.39 is 11.6 Å². The van der Waals surface area contributed by atoms with Crippen LogP contribution in [0, 0.1) is 0 Å². The zero-order valence-electron chi connectivity index (χ0n) is 16.2. The number of ether oxygens (including phenoxy) is 6. The van der Waals surface area contributed by atoms with Crippen LogP contribution in [0.4, 0.5) is 0 Å². The van der Waals surface area contributed by atoms with Gasteiger partial charge in [-0.3, -0.25) is 0 Å². The Morgan fingerprint density at radius 1 is 0.846 bits per heavy atom. The van der Waals surface area contributed by atoms with E-state index in [1.54, 1.807) is 0 Å². The molecule has 0 amide bonds. The van der Waals surface area contributed by atoms with Gasteiger partial charge in [0.15, 0.2) is 11.6 Å². The maximum Gasteiger partial charge on any atom is 0.163 e. The fourth-order valence-electron chi connectivity index (χ4n) is 3.08. The summed E-state index contributed by atoms with van der Waals surface area (Å²) in [5, 5.41) is 0. The van der Waals surface area contributed by atoms with Crippen molar-refractivity contribution in [2.24, 2.45) is 0 Å². The standard InChI is InChI=1S/C20H30O6/c1-19(2)23-13-17(25-19)8-10-21-15-6-5-7-16(12-15)22-11-9-18-14-24-20(3,4)26-18/h5-7,12,17-18H,8-11,13-14H2,1-4H3. The summed E-state index contributed by atoms with van der Waals surface area (Å²) in [7, 11) is 0. The van der Waals surface area contributed by atoms with Gasteiger partial charge in [0.25, 0.3) is 0 Å². The largest absolute Gasteiger partial charge is 0.493 e. The molecule has 6 nitrogen and oxygen atoms in total. The Kier molecular flexibility index (Phi) is 6.07. The van der Waals surface area contributed by atoms with E-state index in [1.165, 1.54) is 0 Å². The van der Waals surface area contributed by atoms with E-state index in [2.05, 4.69) is 0 Å². The summed E-state index contributed by atoms with van der Waals surface area (Å²) in [6.45, 7) is 10.1. The van der Waals surface area contributed by atoms with E-state index in [1.807, 2.05) is 52.0 Å². The molecule has 2 heterocycles. The first-order valence-electron chi connectivity index (χ1n) is 9.31. The zero-order valence-corrected chi connectivity index (χ0v) is 16.2. The van der Waals surface area contributed by atoms with Crippen LogP contribution >= 0.6 is 0 Å². The monoisotopic (exact) mass is 366 g/mol. The molecule has 2 saturated heterocycles. The molecular formula is C20H30O6. The van der Waals surface area contributed by atoms with Crippen molar-refractivity contribution >= 4 is 0 Å². The molecule has 26 heavy (non-hydrogen) atoms. The van der Waals surface area contributed by atoms with Gasteiger partial charge in [0.2, 0.25) is 0 Å². The van der Waals surface area contributed by atoms with E-state index in [0.29, 0.717) is 26.4 Å². The first-order valence-corrected chi connectivity index (χ1v) is 9.31. The van der Waals surface area contributed by atoms with Crippen LogP contribution < -0.4 is 9.47 Å². The van der Waals surface area contributed by atoms with Gasteiger partial charge in [-0.05, 0) is 39.8 Å². The molecule has 146 valence electrons. The van der Waals surface area contributed by atoms with E-state index in [0.717, 1.165) is 24.3 Å². The molecule has 0 spiro atoms. The Morgan fingerprint density at radius 3 is 1.69 bits per heavy atom. The number of rotatable bonds is 8. The van der Waals surface area contributed by atoms with Crippen molar-refractivity contribution < 1.29 is 28.4 Å². The van der Waals surface area contributed by atoms with Crippen LogP contribution in [0.2, 0.25) is 0 Å². The number of benzene rings is 1. The third-order valence-electron chi connectivity index (χ3n) is 4.36. The lowest BCUT2D eigenvalue weighted by molar-refractivity contribution is -0.140. The van der Waals surface area contributed by atoms with Crippen LogP contribution in [0.5, 0.6) is 11.5 Å². The van der Waals surface area contributed by atoms with Crippen molar-refractivity contribution in [2.45, 2.75) is 64.3 Å². The highest BCUT2D eigenvalue weighted by molar-refractivity contribution is 5.32. The molecule has 0 saturated carbocycles. The Hall–Kier alpha value is -1.34.